The van der Waals surface area contributed by atoms with Crippen LogP contribution in [0.2, 0.25) is 5.02 Å². The number of rotatable bonds is 6. The van der Waals surface area contributed by atoms with E-state index in [4.69, 9.17) is 11.6 Å². The lowest BCUT2D eigenvalue weighted by molar-refractivity contribution is 0.758. The van der Waals surface area contributed by atoms with Gasteiger partial charge in [-0.05, 0) is 25.5 Å². The minimum absolute atomic E-state index is 0.571. The monoisotopic (exact) mass is 304 g/mol. The summed E-state index contributed by atoms with van der Waals surface area (Å²) in [6.07, 6.45) is 2.31. The van der Waals surface area contributed by atoms with Crippen molar-refractivity contribution in [3.63, 3.8) is 0 Å². The van der Waals surface area contributed by atoms with E-state index in [1.165, 1.54) is 6.42 Å². The highest BCUT2D eigenvalue weighted by Crippen LogP contribution is 2.24. The molecule has 0 saturated heterocycles. The molecule has 112 valence electrons. The van der Waals surface area contributed by atoms with Gasteiger partial charge in [0.15, 0.2) is 0 Å². The van der Waals surface area contributed by atoms with Crippen LogP contribution in [0.25, 0.3) is 0 Å². The van der Waals surface area contributed by atoms with Crippen LogP contribution in [0.15, 0.2) is 30.3 Å². The van der Waals surface area contributed by atoms with Crippen LogP contribution in [0.5, 0.6) is 0 Å². The lowest BCUT2D eigenvalue weighted by Gasteiger charge is -2.19. The molecule has 1 aromatic carbocycles. The fraction of sp³-hybridized carbons (Fsp3) is 0.375. The molecule has 5 heteroatoms. The number of unbranched alkanes of at least 4 members (excludes halogenated alkanes) is 1. The first-order valence-corrected chi connectivity index (χ1v) is 7.56. The van der Waals surface area contributed by atoms with Crippen LogP contribution in [0, 0.1) is 6.92 Å². The quantitative estimate of drug-likeness (QED) is 0.858. The Morgan fingerprint density at radius 3 is 2.71 bits per heavy atom. The Balaban J connectivity index is 2.21. The summed E-state index contributed by atoms with van der Waals surface area (Å²) >= 11 is 6.16. The summed E-state index contributed by atoms with van der Waals surface area (Å²) in [7, 11) is 2.05. The van der Waals surface area contributed by atoms with E-state index in [0.717, 1.165) is 30.2 Å². The lowest BCUT2D eigenvalue weighted by atomic mass is 10.3. The molecule has 0 spiro atoms. The number of hydrogen-bond acceptors (Lipinski definition) is 4. The zero-order chi connectivity index (χ0) is 15.2. The van der Waals surface area contributed by atoms with Gasteiger partial charge in [-0.3, -0.25) is 0 Å². The highest BCUT2D eigenvalue weighted by Gasteiger charge is 2.08. The third-order valence-electron chi connectivity index (χ3n) is 3.20. The number of anilines is 3. The summed E-state index contributed by atoms with van der Waals surface area (Å²) in [5.74, 6) is 1.49. The SMILES string of the molecule is CCCCN(C)c1cc(C)nc(Nc2ccccc2Cl)n1. The second-order valence-corrected chi connectivity index (χ2v) is 5.48. The first-order chi connectivity index (χ1) is 10.1. The van der Waals surface area contributed by atoms with E-state index in [0.29, 0.717) is 11.0 Å². The van der Waals surface area contributed by atoms with Crippen LogP contribution in [0.4, 0.5) is 17.5 Å². The van der Waals surface area contributed by atoms with Gasteiger partial charge in [0.05, 0.1) is 10.7 Å². The predicted molar refractivity (Wildman–Crippen MR) is 89.7 cm³/mol. The fourth-order valence-electron chi connectivity index (χ4n) is 2.00. The van der Waals surface area contributed by atoms with Crippen molar-refractivity contribution in [3.8, 4) is 0 Å². The van der Waals surface area contributed by atoms with Gasteiger partial charge in [-0.1, -0.05) is 37.1 Å². The number of halogens is 1. The zero-order valence-corrected chi connectivity index (χ0v) is 13.5. The molecule has 2 aromatic rings. The van der Waals surface area contributed by atoms with E-state index < -0.39 is 0 Å². The molecule has 0 aliphatic carbocycles. The van der Waals surface area contributed by atoms with E-state index in [1.807, 2.05) is 37.3 Å². The van der Waals surface area contributed by atoms with Crippen molar-refractivity contribution < 1.29 is 0 Å². The number of para-hydroxylation sites is 1. The van der Waals surface area contributed by atoms with Gasteiger partial charge in [-0.2, -0.15) is 4.98 Å². The topological polar surface area (TPSA) is 41.1 Å². The molecular formula is C16H21ClN4. The molecule has 0 fully saturated rings. The summed E-state index contributed by atoms with van der Waals surface area (Å²) in [6.45, 7) is 5.14. The predicted octanol–water partition coefficient (Wildman–Crippen LogP) is 4.42. The van der Waals surface area contributed by atoms with Gasteiger partial charge in [-0.15, -0.1) is 0 Å². The summed E-state index contributed by atoms with van der Waals surface area (Å²) < 4.78 is 0. The molecule has 0 amide bonds. The number of hydrogen-bond donors (Lipinski definition) is 1. The smallest absolute Gasteiger partial charge is 0.229 e. The number of aryl methyl sites for hydroxylation is 1. The molecule has 0 radical (unpaired) electrons. The first kappa shape index (κ1) is 15.6. The molecule has 0 aliphatic heterocycles. The Kier molecular flexibility index (Phi) is 5.39. The third-order valence-corrected chi connectivity index (χ3v) is 3.53. The molecule has 0 aliphatic rings. The molecule has 1 aromatic heterocycles. The second kappa shape index (κ2) is 7.27. The van der Waals surface area contributed by atoms with Crippen LogP contribution >= 0.6 is 11.6 Å². The van der Waals surface area contributed by atoms with E-state index in [-0.39, 0.29) is 0 Å². The molecule has 1 N–H and O–H groups in total. The van der Waals surface area contributed by atoms with Gasteiger partial charge in [0.25, 0.3) is 0 Å². The van der Waals surface area contributed by atoms with Gasteiger partial charge < -0.3 is 10.2 Å². The van der Waals surface area contributed by atoms with Crippen LogP contribution in [-0.4, -0.2) is 23.6 Å². The average Bonchev–Trinajstić information content (AvgIpc) is 2.46. The summed E-state index contributed by atoms with van der Waals surface area (Å²) in [4.78, 5) is 11.1. The molecule has 2 rings (SSSR count). The number of nitrogens with one attached hydrogen (secondary N) is 1. The van der Waals surface area contributed by atoms with E-state index >= 15 is 0 Å². The maximum Gasteiger partial charge on any atom is 0.229 e. The largest absolute Gasteiger partial charge is 0.360 e. The van der Waals surface area contributed by atoms with Crippen molar-refractivity contribution >= 4 is 29.1 Å². The minimum atomic E-state index is 0.571. The summed E-state index contributed by atoms with van der Waals surface area (Å²) in [6, 6.07) is 9.57. The maximum atomic E-state index is 6.16. The van der Waals surface area contributed by atoms with Crippen LogP contribution < -0.4 is 10.2 Å². The Morgan fingerprint density at radius 1 is 1.24 bits per heavy atom. The highest BCUT2D eigenvalue weighted by molar-refractivity contribution is 6.33. The third kappa shape index (κ3) is 4.33. The standard InChI is InChI=1S/C16H21ClN4/c1-4-5-10-21(3)15-11-12(2)18-16(20-15)19-14-9-7-6-8-13(14)17/h6-9,11H,4-5,10H2,1-3H3,(H,18,19,20). The van der Waals surface area contributed by atoms with Crippen LogP contribution in [0.1, 0.15) is 25.5 Å². The molecule has 0 saturated carbocycles. The van der Waals surface area contributed by atoms with E-state index in [1.54, 1.807) is 0 Å². The first-order valence-electron chi connectivity index (χ1n) is 7.18. The van der Waals surface area contributed by atoms with Crippen molar-refractivity contribution in [2.45, 2.75) is 26.7 Å². The van der Waals surface area contributed by atoms with Gasteiger partial charge in [0, 0.05) is 25.4 Å². The van der Waals surface area contributed by atoms with Crippen molar-refractivity contribution in [1.29, 1.82) is 0 Å². The second-order valence-electron chi connectivity index (χ2n) is 5.07. The zero-order valence-electron chi connectivity index (χ0n) is 12.7. The van der Waals surface area contributed by atoms with Crippen molar-refractivity contribution in [1.82, 2.24) is 9.97 Å². The molecule has 0 atom stereocenters. The summed E-state index contributed by atoms with van der Waals surface area (Å²) in [5.41, 5.74) is 1.74. The van der Waals surface area contributed by atoms with Gasteiger partial charge >= 0.3 is 0 Å². The van der Waals surface area contributed by atoms with Gasteiger partial charge in [-0.25, -0.2) is 4.98 Å². The molecule has 4 nitrogen and oxygen atoms in total. The Bertz CT molecular complexity index is 601. The van der Waals surface area contributed by atoms with Crippen LogP contribution in [-0.2, 0) is 0 Å². The van der Waals surface area contributed by atoms with Crippen molar-refractivity contribution in [3.05, 3.63) is 41.0 Å². The normalized spacial score (nSPS) is 10.5. The molecule has 0 unspecified atom stereocenters. The molecule has 21 heavy (non-hydrogen) atoms. The fourth-order valence-corrected chi connectivity index (χ4v) is 2.18. The number of aromatic nitrogens is 2. The van der Waals surface area contributed by atoms with Crippen molar-refractivity contribution in [2.24, 2.45) is 0 Å². The number of nitrogens with zero attached hydrogens (tertiary/aromatic N) is 3. The Hall–Kier alpha value is -1.81. The van der Waals surface area contributed by atoms with Crippen LogP contribution in [0.3, 0.4) is 0 Å². The molecular weight excluding hydrogens is 284 g/mol. The Morgan fingerprint density at radius 2 is 2.00 bits per heavy atom. The molecule has 1 heterocycles. The highest BCUT2D eigenvalue weighted by atomic mass is 35.5. The average molecular weight is 305 g/mol. The van der Waals surface area contributed by atoms with Gasteiger partial charge in [0.2, 0.25) is 5.95 Å². The maximum absolute atomic E-state index is 6.16. The summed E-state index contributed by atoms with van der Waals surface area (Å²) in [5, 5.41) is 3.84. The molecule has 0 bridgehead atoms. The lowest BCUT2D eigenvalue weighted by Crippen LogP contribution is -2.20. The van der Waals surface area contributed by atoms with E-state index in [2.05, 4.69) is 34.2 Å². The Labute approximate surface area is 131 Å². The number of benzene rings is 1. The minimum Gasteiger partial charge on any atom is -0.360 e. The van der Waals surface area contributed by atoms with Crippen molar-refractivity contribution in [2.75, 3.05) is 23.8 Å². The van der Waals surface area contributed by atoms with Gasteiger partial charge in [0.1, 0.15) is 5.82 Å². The van der Waals surface area contributed by atoms with E-state index in [9.17, 15) is 0 Å².